The van der Waals surface area contributed by atoms with Gasteiger partial charge in [0.05, 0.1) is 0 Å². The monoisotopic (exact) mass is 227 g/mol. The van der Waals surface area contributed by atoms with E-state index in [4.69, 9.17) is 4.74 Å². The zero-order valence-electron chi connectivity index (χ0n) is 10.6. The summed E-state index contributed by atoms with van der Waals surface area (Å²) < 4.78 is 5.18. The van der Waals surface area contributed by atoms with Gasteiger partial charge in [0.25, 0.3) is 0 Å². The van der Waals surface area contributed by atoms with Crippen LogP contribution in [-0.4, -0.2) is 23.0 Å². The number of alkyl carbamates (subject to hydrolysis) is 1. The Morgan fingerprint density at radius 2 is 2.06 bits per heavy atom. The maximum atomic E-state index is 11.6. The summed E-state index contributed by atoms with van der Waals surface area (Å²) in [5, 5.41) is 2.80. The summed E-state index contributed by atoms with van der Waals surface area (Å²) in [7, 11) is 0. The number of carbonyl (C=O) groups excluding carboxylic acids is 2. The second kappa shape index (κ2) is 4.44. The van der Waals surface area contributed by atoms with Gasteiger partial charge in [0.1, 0.15) is 11.4 Å². The number of ketones is 1. The zero-order chi connectivity index (χ0) is 12.4. The summed E-state index contributed by atoms with van der Waals surface area (Å²) in [6, 6.07) is 0. The highest BCUT2D eigenvalue weighted by Gasteiger charge is 2.33. The molecule has 1 N–H and O–H groups in total. The van der Waals surface area contributed by atoms with Crippen LogP contribution in [0.3, 0.4) is 0 Å². The Hall–Kier alpha value is -1.06. The van der Waals surface area contributed by atoms with Gasteiger partial charge in [-0.1, -0.05) is 0 Å². The van der Waals surface area contributed by atoms with Crippen molar-refractivity contribution in [3.63, 3.8) is 0 Å². The molecule has 0 spiro atoms. The Kier molecular flexibility index (Phi) is 3.61. The van der Waals surface area contributed by atoms with Crippen LogP contribution in [0.1, 0.15) is 53.4 Å². The lowest BCUT2D eigenvalue weighted by Crippen LogP contribution is -2.50. The van der Waals surface area contributed by atoms with Gasteiger partial charge < -0.3 is 10.1 Å². The third-order valence-corrected chi connectivity index (χ3v) is 2.57. The van der Waals surface area contributed by atoms with E-state index in [-0.39, 0.29) is 5.78 Å². The van der Waals surface area contributed by atoms with Crippen molar-refractivity contribution in [3.05, 3.63) is 0 Å². The van der Waals surface area contributed by atoms with Crippen LogP contribution in [0.2, 0.25) is 0 Å². The second-order valence-corrected chi connectivity index (χ2v) is 5.76. The molecule has 1 rings (SSSR count). The van der Waals surface area contributed by atoms with E-state index in [0.717, 1.165) is 12.8 Å². The number of hydrogen-bond donors (Lipinski definition) is 1. The quantitative estimate of drug-likeness (QED) is 0.748. The first-order chi connectivity index (χ1) is 7.20. The molecule has 1 atom stereocenters. The summed E-state index contributed by atoms with van der Waals surface area (Å²) in [6.07, 6.45) is 2.27. The van der Waals surface area contributed by atoms with Crippen LogP contribution in [0.5, 0.6) is 0 Å². The van der Waals surface area contributed by atoms with Crippen molar-refractivity contribution in [2.45, 2.75) is 64.5 Å². The van der Waals surface area contributed by atoms with Gasteiger partial charge in [-0.25, -0.2) is 4.79 Å². The molecule has 1 saturated carbocycles. The van der Waals surface area contributed by atoms with Gasteiger partial charge in [-0.15, -0.1) is 0 Å². The highest BCUT2D eigenvalue weighted by atomic mass is 16.6. The van der Waals surface area contributed by atoms with E-state index in [1.54, 1.807) is 0 Å². The summed E-state index contributed by atoms with van der Waals surface area (Å²) >= 11 is 0. The third kappa shape index (κ3) is 4.21. The van der Waals surface area contributed by atoms with E-state index in [9.17, 15) is 9.59 Å². The Morgan fingerprint density at radius 3 is 2.56 bits per heavy atom. The minimum Gasteiger partial charge on any atom is -0.444 e. The average molecular weight is 227 g/mol. The molecule has 1 unspecified atom stereocenters. The number of ether oxygens (including phenoxy) is 1. The number of rotatable bonds is 1. The summed E-state index contributed by atoms with van der Waals surface area (Å²) in [5.74, 6) is 0.213. The summed E-state index contributed by atoms with van der Waals surface area (Å²) in [6.45, 7) is 7.36. The van der Waals surface area contributed by atoms with E-state index in [2.05, 4.69) is 5.32 Å². The van der Waals surface area contributed by atoms with E-state index in [1.807, 2.05) is 27.7 Å². The number of hydrogen-bond acceptors (Lipinski definition) is 3. The smallest absolute Gasteiger partial charge is 0.408 e. The molecule has 0 aliphatic heterocycles. The molecule has 1 amide bonds. The Bertz CT molecular complexity index is 293. The Morgan fingerprint density at radius 1 is 1.44 bits per heavy atom. The van der Waals surface area contributed by atoms with Crippen molar-refractivity contribution < 1.29 is 14.3 Å². The first-order valence-electron chi connectivity index (χ1n) is 5.73. The topological polar surface area (TPSA) is 55.4 Å². The molecule has 0 heterocycles. The molecular formula is C12H21NO3. The van der Waals surface area contributed by atoms with Crippen LogP contribution in [0.25, 0.3) is 0 Å². The largest absolute Gasteiger partial charge is 0.444 e. The molecule has 1 aliphatic carbocycles. The zero-order valence-corrected chi connectivity index (χ0v) is 10.6. The lowest BCUT2D eigenvalue weighted by atomic mass is 9.83. The lowest BCUT2D eigenvalue weighted by molar-refractivity contribution is -0.122. The molecule has 92 valence electrons. The highest BCUT2D eigenvalue weighted by Crippen LogP contribution is 2.25. The van der Waals surface area contributed by atoms with Crippen molar-refractivity contribution in [1.82, 2.24) is 5.32 Å². The number of nitrogens with one attached hydrogen (secondary N) is 1. The fraction of sp³-hybridized carbons (Fsp3) is 0.833. The Balaban J connectivity index is 2.52. The number of Topliss-reactive ketones (excluding diaryl/α,β-unsaturated/α-hetero) is 1. The number of carbonyl (C=O) groups is 2. The molecule has 0 aromatic rings. The fourth-order valence-corrected chi connectivity index (χ4v) is 1.94. The van der Waals surface area contributed by atoms with Crippen molar-refractivity contribution in [2.24, 2.45) is 0 Å². The van der Waals surface area contributed by atoms with E-state index < -0.39 is 17.2 Å². The van der Waals surface area contributed by atoms with E-state index >= 15 is 0 Å². The predicted molar refractivity (Wildman–Crippen MR) is 61.2 cm³/mol. The Labute approximate surface area is 96.7 Å². The normalized spacial score (nSPS) is 26.4. The molecule has 1 aliphatic rings. The SMILES string of the molecule is CC1(NC(=O)OC(C)(C)C)CCCC(=O)C1. The van der Waals surface area contributed by atoms with Gasteiger partial charge >= 0.3 is 6.09 Å². The molecule has 4 heteroatoms. The predicted octanol–water partition coefficient (Wildman–Crippen LogP) is 2.41. The lowest BCUT2D eigenvalue weighted by Gasteiger charge is -2.34. The van der Waals surface area contributed by atoms with Gasteiger partial charge in [0.2, 0.25) is 0 Å². The second-order valence-electron chi connectivity index (χ2n) is 5.76. The number of amides is 1. The molecule has 0 radical (unpaired) electrons. The minimum absolute atomic E-state index is 0.213. The van der Waals surface area contributed by atoms with Gasteiger partial charge in [0, 0.05) is 18.4 Å². The standard InChI is InChI=1S/C12H21NO3/c1-11(2,3)16-10(15)13-12(4)7-5-6-9(14)8-12/h5-8H2,1-4H3,(H,13,15). The average Bonchev–Trinajstić information content (AvgIpc) is 1.96. The van der Waals surface area contributed by atoms with Crippen LogP contribution in [-0.2, 0) is 9.53 Å². The maximum Gasteiger partial charge on any atom is 0.408 e. The van der Waals surface area contributed by atoms with Crippen LogP contribution < -0.4 is 5.32 Å². The molecule has 0 saturated heterocycles. The van der Waals surface area contributed by atoms with Crippen molar-refractivity contribution in [3.8, 4) is 0 Å². The first kappa shape index (κ1) is 13.0. The fourth-order valence-electron chi connectivity index (χ4n) is 1.94. The third-order valence-electron chi connectivity index (χ3n) is 2.57. The first-order valence-corrected chi connectivity index (χ1v) is 5.73. The van der Waals surface area contributed by atoms with Gasteiger partial charge in [-0.2, -0.15) is 0 Å². The van der Waals surface area contributed by atoms with Crippen molar-refractivity contribution >= 4 is 11.9 Å². The van der Waals surface area contributed by atoms with Gasteiger partial charge in [-0.3, -0.25) is 4.79 Å². The minimum atomic E-state index is -0.501. The molecule has 0 aromatic carbocycles. The molecule has 0 aromatic heterocycles. The van der Waals surface area contributed by atoms with Crippen LogP contribution in [0.4, 0.5) is 4.79 Å². The van der Waals surface area contributed by atoms with Crippen LogP contribution >= 0.6 is 0 Å². The van der Waals surface area contributed by atoms with Gasteiger partial charge in [-0.05, 0) is 40.5 Å². The van der Waals surface area contributed by atoms with Crippen LogP contribution in [0, 0.1) is 0 Å². The maximum absolute atomic E-state index is 11.6. The molecule has 0 bridgehead atoms. The summed E-state index contributed by atoms with van der Waals surface area (Å²) in [4.78, 5) is 22.9. The van der Waals surface area contributed by atoms with Crippen LogP contribution in [0.15, 0.2) is 0 Å². The van der Waals surface area contributed by atoms with E-state index in [1.165, 1.54) is 0 Å². The molecule has 4 nitrogen and oxygen atoms in total. The van der Waals surface area contributed by atoms with Crippen molar-refractivity contribution in [2.75, 3.05) is 0 Å². The molecule has 1 fully saturated rings. The van der Waals surface area contributed by atoms with Crippen molar-refractivity contribution in [1.29, 1.82) is 0 Å². The molecular weight excluding hydrogens is 206 g/mol. The van der Waals surface area contributed by atoms with E-state index in [0.29, 0.717) is 12.8 Å². The highest BCUT2D eigenvalue weighted by molar-refractivity contribution is 5.81. The van der Waals surface area contributed by atoms with Gasteiger partial charge in [0.15, 0.2) is 0 Å². The summed E-state index contributed by atoms with van der Waals surface area (Å²) in [5.41, 5.74) is -0.934. The molecule has 16 heavy (non-hydrogen) atoms.